The first kappa shape index (κ1) is 18.4. The van der Waals surface area contributed by atoms with Crippen LogP contribution in [0.3, 0.4) is 0 Å². The van der Waals surface area contributed by atoms with Crippen molar-refractivity contribution in [1.29, 1.82) is 0 Å². The van der Waals surface area contributed by atoms with Crippen LogP contribution >= 0.6 is 0 Å². The van der Waals surface area contributed by atoms with Gasteiger partial charge < -0.3 is 9.64 Å². The van der Waals surface area contributed by atoms with Crippen molar-refractivity contribution in [2.75, 3.05) is 20.2 Å². The van der Waals surface area contributed by atoms with Crippen LogP contribution in [-0.2, 0) is 9.53 Å². The summed E-state index contributed by atoms with van der Waals surface area (Å²) in [7, 11) is 1.73. The molecule has 122 valence electrons. The third kappa shape index (κ3) is 6.78. The zero-order valence-corrected chi connectivity index (χ0v) is 13.7. The molecule has 4 heteroatoms. The number of amides is 1. The Kier molecular flexibility index (Phi) is 8.14. The van der Waals surface area contributed by atoms with Crippen LogP contribution in [0.15, 0.2) is 66.8 Å². The summed E-state index contributed by atoms with van der Waals surface area (Å²) in [5.74, 6) is -0.488. The molecular weight excluding hydrogens is 290 g/mol. The minimum Gasteiger partial charge on any atom is -0.462 e. The molecule has 0 unspecified atom stereocenters. The van der Waals surface area contributed by atoms with E-state index in [0.717, 1.165) is 0 Å². The molecule has 4 nitrogen and oxygen atoms in total. The standard InChI is InChI=1S/C19H23NO3/c1-4-5-7-11-16(2)19(22)23-15-10-14-20(3)18(21)17-12-8-6-9-13-17/h4-9,11-13H,2,10,14-15H2,1,3H3/b5-4-,11-7-. The summed E-state index contributed by atoms with van der Waals surface area (Å²) >= 11 is 0. The minimum absolute atomic E-state index is 0.0457. The fourth-order valence-electron chi connectivity index (χ4n) is 1.81. The summed E-state index contributed by atoms with van der Waals surface area (Å²) in [4.78, 5) is 25.4. The smallest absolute Gasteiger partial charge is 0.337 e. The molecule has 0 aliphatic rings. The molecule has 23 heavy (non-hydrogen) atoms. The fraction of sp³-hybridized carbons (Fsp3) is 0.263. The molecule has 0 fully saturated rings. The number of carbonyl (C=O) groups excluding carboxylic acids is 2. The normalized spacial score (nSPS) is 10.9. The number of esters is 1. The second kappa shape index (κ2) is 10.2. The van der Waals surface area contributed by atoms with Crippen molar-refractivity contribution in [2.45, 2.75) is 13.3 Å². The van der Waals surface area contributed by atoms with Crippen LogP contribution in [0, 0.1) is 0 Å². The predicted octanol–water partition coefficient (Wildman–Crippen LogP) is 3.38. The zero-order valence-electron chi connectivity index (χ0n) is 13.7. The molecule has 0 saturated heterocycles. The topological polar surface area (TPSA) is 46.6 Å². The first-order valence-electron chi connectivity index (χ1n) is 7.52. The van der Waals surface area contributed by atoms with E-state index in [-0.39, 0.29) is 12.5 Å². The Labute approximate surface area is 137 Å². The average molecular weight is 313 g/mol. The maximum absolute atomic E-state index is 12.1. The van der Waals surface area contributed by atoms with Crippen LogP contribution in [0.5, 0.6) is 0 Å². The molecule has 0 radical (unpaired) electrons. The Hall–Kier alpha value is -2.62. The van der Waals surface area contributed by atoms with Gasteiger partial charge in [-0.25, -0.2) is 4.79 Å². The molecule has 0 N–H and O–H groups in total. The number of rotatable bonds is 8. The summed E-state index contributed by atoms with van der Waals surface area (Å²) in [5.41, 5.74) is 0.950. The van der Waals surface area contributed by atoms with E-state index >= 15 is 0 Å². The van der Waals surface area contributed by atoms with Crippen molar-refractivity contribution in [2.24, 2.45) is 0 Å². The summed E-state index contributed by atoms with van der Waals surface area (Å²) in [6.45, 7) is 6.30. The highest BCUT2D eigenvalue weighted by molar-refractivity contribution is 5.94. The Morgan fingerprint density at radius 2 is 1.91 bits per heavy atom. The first-order valence-corrected chi connectivity index (χ1v) is 7.52. The van der Waals surface area contributed by atoms with Gasteiger partial charge in [0.05, 0.1) is 12.2 Å². The number of ether oxygens (including phenoxy) is 1. The van der Waals surface area contributed by atoms with Crippen LogP contribution in [0.4, 0.5) is 0 Å². The van der Waals surface area contributed by atoms with Gasteiger partial charge in [0, 0.05) is 19.2 Å². The lowest BCUT2D eigenvalue weighted by molar-refractivity contribution is -0.138. The highest BCUT2D eigenvalue weighted by Gasteiger charge is 2.11. The highest BCUT2D eigenvalue weighted by Crippen LogP contribution is 2.04. The molecule has 0 spiro atoms. The second-order valence-corrected chi connectivity index (χ2v) is 4.99. The number of allylic oxidation sites excluding steroid dienone is 3. The molecule has 0 heterocycles. The predicted molar refractivity (Wildman–Crippen MR) is 92.1 cm³/mol. The number of carbonyl (C=O) groups is 2. The van der Waals surface area contributed by atoms with Crippen molar-refractivity contribution in [3.05, 3.63) is 72.4 Å². The third-order valence-corrected chi connectivity index (χ3v) is 3.10. The summed E-state index contributed by atoms with van der Waals surface area (Å²) in [5, 5.41) is 0. The van der Waals surface area contributed by atoms with E-state index in [4.69, 9.17) is 4.74 Å². The number of hydrogen-bond acceptors (Lipinski definition) is 3. The Morgan fingerprint density at radius 1 is 1.22 bits per heavy atom. The molecule has 0 aliphatic heterocycles. The van der Waals surface area contributed by atoms with Gasteiger partial charge in [-0.2, -0.15) is 0 Å². The van der Waals surface area contributed by atoms with Crippen LogP contribution < -0.4 is 0 Å². The second-order valence-electron chi connectivity index (χ2n) is 4.99. The molecule has 0 bridgehead atoms. The van der Waals surface area contributed by atoms with Crippen molar-refractivity contribution >= 4 is 11.9 Å². The molecule has 1 rings (SSSR count). The van der Waals surface area contributed by atoms with Crippen molar-refractivity contribution in [3.8, 4) is 0 Å². The van der Waals surface area contributed by atoms with Gasteiger partial charge >= 0.3 is 5.97 Å². The van der Waals surface area contributed by atoms with E-state index in [1.54, 1.807) is 36.2 Å². The van der Waals surface area contributed by atoms with E-state index in [1.165, 1.54) is 0 Å². The highest BCUT2D eigenvalue weighted by atomic mass is 16.5. The van der Waals surface area contributed by atoms with Crippen LogP contribution in [0.2, 0.25) is 0 Å². The average Bonchev–Trinajstić information content (AvgIpc) is 2.58. The molecular formula is C19H23NO3. The lowest BCUT2D eigenvalue weighted by atomic mass is 10.2. The van der Waals surface area contributed by atoms with Crippen molar-refractivity contribution < 1.29 is 14.3 Å². The largest absolute Gasteiger partial charge is 0.462 e. The third-order valence-electron chi connectivity index (χ3n) is 3.10. The van der Waals surface area contributed by atoms with Crippen LogP contribution in [0.1, 0.15) is 23.7 Å². The van der Waals surface area contributed by atoms with E-state index in [2.05, 4.69) is 6.58 Å². The van der Waals surface area contributed by atoms with Gasteiger partial charge in [-0.3, -0.25) is 4.79 Å². The van der Waals surface area contributed by atoms with Gasteiger partial charge in [-0.15, -0.1) is 0 Å². The minimum atomic E-state index is -0.442. The Bertz CT molecular complexity index is 588. The van der Waals surface area contributed by atoms with Crippen LogP contribution in [0.25, 0.3) is 0 Å². The maximum atomic E-state index is 12.1. The van der Waals surface area contributed by atoms with E-state index < -0.39 is 5.97 Å². The fourth-order valence-corrected chi connectivity index (χ4v) is 1.81. The summed E-state index contributed by atoms with van der Waals surface area (Å²) < 4.78 is 5.12. The van der Waals surface area contributed by atoms with Crippen molar-refractivity contribution in [3.63, 3.8) is 0 Å². The van der Waals surface area contributed by atoms with Gasteiger partial charge in [0.1, 0.15) is 0 Å². The van der Waals surface area contributed by atoms with Crippen molar-refractivity contribution in [1.82, 2.24) is 4.90 Å². The molecule has 0 aromatic heterocycles. The van der Waals surface area contributed by atoms with E-state index in [9.17, 15) is 9.59 Å². The van der Waals surface area contributed by atoms with Gasteiger partial charge in [-0.05, 0) is 31.6 Å². The Morgan fingerprint density at radius 3 is 2.57 bits per heavy atom. The lowest BCUT2D eigenvalue weighted by Crippen LogP contribution is -2.28. The maximum Gasteiger partial charge on any atom is 0.337 e. The molecule has 1 amide bonds. The van der Waals surface area contributed by atoms with E-state index in [0.29, 0.717) is 24.1 Å². The number of benzene rings is 1. The van der Waals surface area contributed by atoms with Gasteiger partial charge in [0.2, 0.25) is 0 Å². The monoisotopic (exact) mass is 313 g/mol. The van der Waals surface area contributed by atoms with Gasteiger partial charge in [0.15, 0.2) is 0 Å². The SMILES string of the molecule is C=C(/C=C\C=C/C)C(=O)OCCCN(C)C(=O)c1ccccc1. The molecule has 1 aromatic rings. The molecule has 0 atom stereocenters. The molecule has 0 aliphatic carbocycles. The quantitative estimate of drug-likeness (QED) is 0.320. The van der Waals surface area contributed by atoms with Gasteiger partial charge in [-0.1, -0.05) is 43.0 Å². The Balaban J connectivity index is 2.30. The first-order chi connectivity index (χ1) is 11.1. The van der Waals surface area contributed by atoms with Gasteiger partial charge in [0.25, 0.3) is 5.91 Å². The number of hydrogen-bond donors (Lipinski definition) is 0. The number of nitrogens with zero attached hydrogens (tertiary/aromatic N) is 1. The summed E-state index contributed by atoms with van der Waals surface area (Å²) in [6.07, 6.45) is 7.58. The van der Waals surface area contributed by atoms with Crippen LogP contribution in [-0.4, -0.2) is 37.0 Å². The van der Waals surface area contributed by atoms with E-state index in [1.807, 2.05) is 37.3 Å². The zero-order chi connectivity index (χ0) is 17.1. The lowest BCUT2D eigenvalue weighted by Gasteiger charge is -2.17. The molecule has 1 aromatic carbocycles. The summed E-state index contributed by atoms with van der Waals surface area (Å²) in [6, 6.07) is 9.08. The molecule has 0 saturated carbocycles.